The van der Waals surface area contributed by atoms with Gasteiger partial charge in [0.15, 0.2) is 0 Å². The molecule has 8 nitrogen and oxygen atoms in total. The summed E-state index contributed by atoms with van der Waals surface area (Å²) in [5.41, 5.74) is 6.87. The lowest BCUT2D eigenvalue weighted by molar-refractivity contribution is 0.0450. The van der Waals surface area contributed by atoms with Crippen LogP contribution >= 0.6 is 11.3 Å². The number of nitriles is 1. The van der Waals surface area contributed by atoms with Gasteiger partial charge in [0.25, 0.3) is 0 Å². The van der Waals surface area contributed by atoms with Crippen LogP contribution in [0.1, 0.15) is 56.5 Å². The number of ether oxygens (including phenoxy) is 2. The number of carbonyl (C=O) groups excluding carboxylic acids is 2. The molecular weight excluding hydrogens is 346 g/mol. The van der Waals surface area contributed by atoms with Gasteiger partial charge >= 0.3 is 11.9 Å². The summed E-state index contributed by atoms with van der Waals surface area (Å²) in [5, 5.41) is 13.2. The second kappa shape index (κ2) is 7.81. The minimum absolute atomic E-state index is 0.110. The van der Waals surface area contributed by atoms with E-state index in [1.807, 2.05) is 13.0 Å². The quantitative estimate of drug-likeness (QED) is 0.775. The van der Waals surface area contributed by atoms with E-state index in [-0.39, 0.29) is 39.8 Å². The molecule has 9 heteroatoms. The number of carbonyl (C=O) groups is 2. The van der Waals surface area contributed by atoms with Gasteiger partial charge in [-0.15, -0.1) is 11.3 Å². The van der Waals surface area contributed by atoms with Crippen molar-refractivity contribution in [3.63, 3.8) is 0 Å². The third-order valence-electron chi connectivity index (χ3n) is 3.43. The fourth-order valence-electron chi connectivity index (χ4n) is 2.24. The van der Waals surface area contributed by atoms with Crippen LogP contribution in [0.25, 0.3) is 0 Å². The van der Waals surface area contributed by atoms with Crippen molar-refractivity contribution in [2.24, 2.45) is 0 Å². The standard InChI is InChI=1S/C16H17N3O5S/c1-4-11-12(8(3)24-19-11)15(20)23-7-10-9(6-17)14(18)25-13(10)16(21)22-5-2/h4-5,7,18H2,1-3H3. The fourth-order valence-corrected chi connectivity index (χ4v) is 3.15. The summed E-state index contributed by atoms with van der Waals surface area (Å²) < 4.78 is 15.2. The molecule has 0 aliphatic carbocycles. The average Bonchev–Trinajstić information content (AvgIpc) is 3.12. The number of thiophene rings is 1. The molecular formula is C16H17N3O5S. The lowest BCUT2D eigenvalue weighted by Gasteiger charge is -2.06. The highest BCUT2D eigenvalue weighted by Crippen LogP contribution is 2.32. The zero-order valence-electron chi connectivity index (χ0n) is 14.0. The second-order valence-corrected chi connectivity index (χ2v) is 6.02. The zero-order valence-corrected chi connectivity index (χ0v) is 14.9. The van der Waals surface area contributed by atoms with Crippen molar-refractivity contribution in [2.45, 2.75) is 33.8 Å². The van der Waals surface area contributed by atoms with Crippen molar-refractivity contribution in [1.82, 2.24) is 5.16 Å². The van der Waals surface area contributed by atoms with Gasteiger partial charge < -0.3 is 19.7 Å². The van der Waals surface area contributed by atoms with E-state index in [0.717, 1.165) is 11.3 Å². The van der Waals surface area contributed by atoms with Gasteiger partial charge in [-0.2, -0.15) is 5.26 Å². The van der Waals surface area contributed by atoms with Crippen LogP contribution < -0.4 is 5.73 Å². The molecule has 2 rings (SSSR count). The fraction of sp³-hybridized carbons (Fsp3) is 0.375. The number of nitrogens with two attached hydrogens (primary N) is 1. The van der Waals surface area contributed by atoms with Gasteiger partial charge in [0.2, 0.25) is 0 Å². The molecule has 0 atom stereocenters. The predicted molar refractivity (Wildman–Crippen MR) is 89.1 cm³/mol. The highest BCUT2D eigenvalue weighted by molar-refractivity contribution is 7.18. The Labute approximate surface area is 148 Å². The Morgan fingerprint density at radius 1 is 1.32 bits per heavy atom. The molecule has 0 amide bonds. The topological polar surface area (TPSA) is 128 Å². The molecule has 0 aromatic carbocycles. The first-order chi connectivity index (χ1) is 11.9. The summed E-state index contributed by atoms with van der Waals surface area (Å²) in [6, 6.07) is 1.93. The van der Waals surface area contributed by atoms with Crippen molar-refractivity contribution in [3.8, 4) is 6.07 Å². The van der Waals surface area contributed by atoms with Crippen LogP contribution in [-0.4, -0.2) is 23.7 Å². The van der Waals surface area contributed by atoms with Gasteiger partial charge in [0.05, 0.1) is 17.9 Å². The Hall–Kier alpha value is -2.86. The molecule has 0 fully saturated rings. The largest absolute Gasteiger partial charge is 0.462 e. The van der Waals surface area contributed by atoms with E-state index in [1.54, 1.807) is 13.8 Å². The van der Waals surface area contributed by atoms with Gasteiger partial charge in [-0.3, -0.25) is 0 Å². The number of nitrogen functional groups attached to an aromatic ring is 1. The van der Waals surface area contributed by atoms with E-state index in [0.29, 0.717) is 17.9 Å². The van der Waals surface area contributed by atoms with Crippen molar-refractivity contribution >= 4 is 28.3 Å². The molecule has 0 radical (unpaired) electrons. The number of hydrogen-bond donors (Lipinski definition) is 1. The zero-order chi connectivity index (χ0) is 18.6. The van der Waals surface area contributed by atoms with Crippen molar-refractivity contribution in [2.75, 3.05) is 12.3 Å². The Bertz CT molecular complexity index is 847. The number of rotatable bonds is 6. The van der Waals surface area contributed by atoms with Gasteiger partial charge in [-0.25, -0.2) is 9.59 Å². The molecule has 0 saturated carbocycles. The van der Waals surface area contributed by atoms with E-state index in [9.17, 15) is 14.9 Å². The molecule has 0 aliphatic rings. The average molecular weight is 363 g/mol. The van der Waals surface area contributed by atoms with Crippen LogP contribution in [0.5, 0.6) is 0 Å². The number of aryl methyl sites for hydroxylation is 2. The lowest BCUT2D eigenvalue weighted by atomic mass is 10.1. The minimum atomic E-state index is -0.640. The number of esters is 2. The summed E-state index contributed by atoms with van der Waals surface area (Å²) >= 11 is 0.932. The molecule has 0 bridgehead atoms. The summed E-state index contributed by atoms with van der Waals surface area (Å²) in [6.07, 6.45) is 0.505. The van der Waals surface area contributed by atoms with Crippen molar-refractivity contribution < 1.29 is 23.6 Å². The van der Waals surface area contributed by atoms with Gasteiger partial charge in [-0.05, 0) is 20.3 Å². The normalized spacial score (nSPS) is 10.3. The smallest absolute Gasteiger partial charge is 0.348 e. The van der Waals surface area contributed by atoms with E-state index in [1.165, 1.54) is 0 Å². The molecule has 0 saturated heterocycles. The third kappa shape index (κ3) is 3.64. The highest BCUT2D eigenvalue weighted by atomic mass is 32.1. The molecule has 25 heavy (non-hydrogen) atoms. The minimum Gasteiger partial charge on any atom is -0.462 e. The third-order valence-corrected chi connectivity index (χ3v) is 4.47. The Morgan fingerprint density at radius 2 is 2.04 bits per heavy atom. The first-order valence-electron chi connectivity index (χ1n) is 7.55. The molecule has 2 aromatic rings. The first-order valence-corrected chi connectivity index (χ1v) is 8.36. The summed E-state index contributed by atoms with van der Waals surface area (Å²) in [7, 11) is 0. The van der Waals surface area contributed by atoms with E-state index in [4.69, 9.17) is 19.7 Å². The monoisotopic (exact) mass is 363 g/mol. The number of hydrogen-bond acceptors (Lipinski definition) is 9. The Morgan fingerprint density at radius 3 is 2.64 bits per heavy atom. The number of anilines is 1. The lowest BCUT2D eigenvalue weighted by Crippen LogP contribution is -2.11. The summed E-state index contributed by atoms with van der Waals surface area (Å²) in [4.78, 5) is 24.5. The molecule has 0 spiro atoms. The molecule has 2 aromatic heterocycles. The second-order valence-electron chi connectivity index (χ2n) is 4.97. The van der Waals surface area contributed by atoms with Crippen LogP contribution in [0.3, 0.4) is 0 Å². The van der Waals surface area contributed by atoms with Crippen molar-refractivity contribution in [3.05, 3.63) is 33.0 Å². The van der Waals surface area contributed by atoms with Crippen LogP contribution in [-0.2, 0) is 22.5 Å². The SMILES string of the molecule is CCOC(=O)c1sc(N)c(C#N)c1COC(=O)c1c(CC)noc1C. The Kier molecular flexibility index (Phi) is 5.77. The molecule has 2 N–H and O–H groups in total. The number of aromatic nitrogens is 1. The van der Waals surface area contributed by atoms with Crippen LogP contribution in [0.15, 0.2) is 4.52 Å². The van der Waals surface area contributed by atoms with Gasteiger partial charge in [-0.1, -0.05) is 12.1 Å². The van der Waals surface area contributed by atoms with Crippen LogP contribution in [0.4, 0.5) is 5.00 Å². The highest BCUT2D eigenvalue weighted by Gasteiger charge is 2.26. The first kappa shape index (κ1) is 18.5. The Balaban J connectivity index is 2.28. The van der Waals surface area contributed by atoms with Crippen LogP contribution in [0, 0.1) is 18.3 Å². The molecule has 132 valence electrons. The maximum Gasteiger partial charge on any atom is 0.348 e. The maximum absolute atomic E-state index is 12.3. The van der Waals surface area contributed by atoms with Gasteiger partial charge in [0, 0.05) is 5.56 Å². The van der Waals surface area contributed by atoms with E-state index >= 15 is 0 Å². The summed E-state index contributed by atoms with van der Waals surface area (Å²) in [5.74, 6) is -0.904. The predicted octanol–water partition coefficient (Wildman–Crippen LogP) is 2.59. The van der Waals surface area contributed by atoms with Crippen molar-refractivity contribution in [1.29, 1.82) is 5.26 Å². The van der Waals surface area contributed by atoms with E-state index < -0.39 is 11.9 Å². The van der Waals surface area contributed by atoms with Crippen LogP contribution in [0.2, 0.25) is 0 Å². The maximum atomic E-state index is 12.3. The molecule has 0 unspecified atom stereocenters. The molecule has 0 aliphatic heterocycles. The van der Waals surface area contributed by atoms with Gasteiger partial charge in [0.1, 0.15) is 33.9 Å². The number of nitrogens with zero attached hydrogens (tertiary/aromatic N) is 2. The summed E-state index contributed by atoms with van der Waals surface area (Å²) in [6.45, 7) is 5.01. The molecule has 2 heterocycles. The van der Waals surface area contributed by atoms with E-state index in [2.05, 4.69) is 5.16 Å².